The number of hydrogen-bond donors (Lipinski definition) is 1. The molecule has 1 amide bonds. The summed E-state index contributed by atoms with van der Waals surface area (Å²) in [6.45, 7) is 4.57. The Morgan fingerprint density at radius 2 is 1.88 bits per heavy atom. The van der Waals surface area contributed by atoms with Crippen molar-refractivity contribution in [2.24, 2.45) is 5.92 Å². The molecular formula is C20H26FN3O. The Kier molecular flexibility index (Phi) is 4.75. The number of fused-ring (bicyclic) bond motifs is 1. The van der Waals surface area contributed by atoms with Crippen LogP contribution in [0.25, 0.3) is 10.9 Å². The van der Waals surface area contributed by atoms with Gasteiger partial charge in [0.15, 0.2) is 0 Å². The van der Waals surface area contributed by atoms with Crippen LogP contribution in [0.1, 0.15) is 42.6 Å². The van der Waals surface area contributed by atoms with Crippen molar-refractivity contribution in [3.63, 3.8) is 0 Å². The minimum absolute atomic E-state index is 0.0204. The van der Waals surface area contributed by atoms with Crippen molar-refractivity contribution < 1.29 is 9.18 Å². The minimum Gasteiger partial charge on any atom is -0.350 e. The summed E-state index contributed by atoms with van der Waals surface area (Å²) >= 11 is 0. The largest absolute Gasteiger partial charge is 0.350 e. The maximum atomic E-state index is 13.8. The first-order valence-electron chi connectivity index (χ1n) is 9.49. The zero-order valence-electron chi connectivity index (χ0n) is 14.6. The smallest absolute Gasteiger partial charge is 0.270 e. The zero-order valence-corrected chi connectivity index (χ0v) is 14.6. The van der Waals surface area contributed by atoms with Gasteiger partial charge >= 0.3 is 0 Å². The van der Waals surface area contributed by atoms with Gasteiger partial charge in [-0.2, -0.15) is 0 Å². The number of carbonyl (C=O) groups is 1. The van der Waals surface area contributed by atoms with E-state index >= 15 is 0 Å². The number of benzene rings is 1. The average molecular weight is 343 g/mol. The van der Waals surface area contributed by atoms with Gasteiger partial charge in [-0.1, -0.05) is 25.3 Å². The number of carbonyl (C=O) groups excluding carboxylic acids is 1. The number of halogens is 1. The first-order valence-corrected chi connectivity index (χ1v) is 9.49. The van der Waals surface area contributed by atoms with Crippen LogP contribution >= 0.6 is 0 Å². The van der Waals surface area contributed by atoms with Crippen LogP contribution in [0.15, 0.2) is 24.3 Å². The Hall–Kier alpha value is -1.88. The summed E-state index contributed by atoms with van der Waals surface area (Å²) in [7, 11) is 0. The highest BCUT2D eigenvalue weighted by atomic mass is 19.1. The van der Waals surface area contributed by atoms with E-state index in [0.717, 1.165) is 32.1 Å². The fraction of sp³-hybridized carbons (Fsp3) is 0.550. The molecule has 0 radical (unpaired) electrons. The van der Waals surface area contributed by atoms with Crippen LogP contribution in [0.4, 0.5) is 4.39 Å². The molecule has 4 rings (SSSR count). The maximum absolute atomic E-state index is 13.8. The van der Waals surface area contributed by atoms with E-state index in [1.807, 2.05) is 4.90 Å². The molecule has 1 N–H and O–H groups in total. The monoisotopic (exact) mass is 343 g/mol. The summed E-state index contributed by atoms with van der Waals surface area (Å²) in [6.07, 6.45) is 6.86. The van der Waals surface area contributed by atoms with E-state index in [-0.39, 0.29) is 11.7 Å². The van der Waals surface area contributed by atoms with Gasteiger partial charge in [0.2, 0.25) is 0 Å². The van der Waals surface area contributed by atoms with Crippen molar-refractivity contribution in [1.29, 1.82) is 0 Å². The van der Waals surface area contributed by atoms with Crippen molar-refractivity contribution in [3.05, 3.63) is 35.8 Å². The third-order valence-corrected chi connectivity index (χ3v) is 5.74. The molecular weight excluding hydrogens is 317 g/mol. The van der Waals surface area contributed by atoms with Crippen molar-refractivity contribution in [2.75, 3.05) is 32.7 Å². The van der Waals surface area contributed by atoms with Crippen LogP contribution in [0.5, 0.6) is 0 Å². The van der Waals surface area contributed by atoms with Crippen molar-refractivity contribution in [3.8, 4) is 0 Å². The average Bonchev–Trinajstić information content (AvgIpc) is 3.08. The highest BCUT2D eigenvalue weighted by Crippen LogP contribution is 2.25. The lowest BCUT2D eigenvalue weighted by Crippen LogP contribution is -2.50. The second kappa shape index (κ2) is 7.16. The predicted octanol–water partition coefficient (Wildman–Crippen LogP) is 3.65. The number of nitrogens with zero attached hydrogens (tertiary/aromatic N) is 2. The van der Waals surface area contributed by atoms with Crippen molar-refractivity contribution in [1.82, 2.24) is 14.8 Å². The molecule has 1 aromatic heterocycles. The number of H-pyrrole nitrogens is 1. The summed E-state index contributed by atoms with van der Waals surface area (Å²) in [5.41, 5.74) is 1.17. The lowest BCUT2D eigenvalue weighted by molar-refractivity contribution is 0.0601. The molecule has 4 nitrogen and oxygen atoms in total. The number of aromatic nitrogens is 1. The number of piperazine rings is 1. The zero-order chi connectivity index (χ0) is 17.2. The number of amides is 1. The quantitative estimate of drug-likeness (QED) is 0.924. The van der Waals surface area contributed by atoms with E-state index in [9.17, 15) is 9.18 Å². The molecule has 1 aliphatic carbocycles. The fourth-order valence-corrected chi connectivity index (χ4v) is 4.27. The molecule has 0 unspecified atom stereocenters. The van der Waals surface area contributed by atoms with Crippen LogP contribution < -0.4 is 0 Å². The molecule has 2 aliphatic rings. The molecule has 1 aliphatic heterocycles. The van der Waals surface area contributed by atoms with Gasteiger partial charge in [-0.3, -0.25) is 9.69 Å². The van der Waals surface area contributed by atoms with Gasteiger partial charge in [0.25, 0.3) is 5.91 Å². The molecule has 1 aromatic carbocycles. The molecule has 0 bridgehead atoms. The van der Waals surface area contributed by atoms with Crippen LogP contribution in [-0.2, 0) is 0 Å². The Labute approximate surface area is 148 Å². The SMILES string of the molecule is O=C(c1cc2c(F)cccc2[nH]1)N1CCN(CC2CCCCC2)CC1. The third kappa shape index (κ3) is 3.56. The molecule has 0 spiro atoms. The van der Waals surface area contributed by atoms with E-state index in [0.29, 0.717) is 16.6 Å². The van der Waals surface area contributed by atoms with Crippen LogP contribution in [0.2, 0.25) is 0 Å². The van der Waals surface area contributed by atoms with E-state index < -0.39 is 0 Å². The van der Waals surface area contributed by atoms with Gasteiger partial charge in [0.1, 0.15) is 11.5 Å². The molecule has 2 aromatic rings. The molecule has 2 heterocycles. The van der Waals surface area contributed by atoms with Crippen LogP contribution in [-0.4, -0.2) is 53.4 Å². The molecule has 134 valence electrons. The van der Waals surface area contributed by atoms with Gasteiger partial charge in [-0.25, -0.2) is 4.39 Å². The van der Waals surface area contributed by atoms with E-state index in [4.69, 9.17) is 0 Å². The van der Waals surface area contributed by atoms with Gasteiger partial charge in [-0.05, 0) is 37.0 Å². The standard InChI is InChI=1S/C20H26FN3O/c21-17-7-4-8-18-16(17)13-19(22-18)20(25)24-11-9-23(10-12-24)14-15-5-2-1-3-6-15/h4,7-8,13,15,22H,1-3,5-6,9-12,14H2. The lowest BCUT2D eigenvalue weighted by atomic mass is 9.89. The third-order valence-electron chi connectivity index (χ3n) is 5.74. The van der Waals surface area contributed by atoms with Gasteiger partial charge in [0.05, 0.1) is 0 Å². The first kappa shape index (κ1) is 16.6. The second-order valence-electron chi connectivity index (χ2n) is 7.48. The Bertz CT molecular complexity index is 742. The van der Waals surface area contributed by atoms with Crippen LogP contribution in [0.3, 0.4) is 0 Å². The number of aromatic amines is 1. The number of rotatable bonds is 3. The first-order chi connectivity index (χ1) is 12.2. The molecule has 25 heavy (non-hydrogen) atoms. The topological polar surface area (TPSA) is 39.3 Å². The van der Waals surface area contributed by atoms with E-state index in [1.54, 1.807) is 18.2 Å². The Morgan fingerprint density at radius 1 is 1.12 bits per heavy atom. The fourth-order valence-electron chi connectivity index (χ4n) is 4.27. The van der Waals surface area contributed by atoms with Gasteiger partial charge in [0, 0.05) is 43.6 Å². The summed E-state index contributed by atoms with van der Waals surface area (Å²) in [4.78, 5) is 20.2. The maximum Gasteiger partial charge on any atom is 0.270 e. The predicted molar refractivity (Wildman–Crippen MR) is 97.2 cm³/mol. The second-order valence-corrected chi connectivity index (χ2v) is 7.48. The number of nitrogens with one attached hydrogen (secondary N) is 1. The Morgan fingerprint density at radius 3 is 2.60 bits per heavy atom. The summed E-state index contributed by atoms with van der Waals surface area (Å²) in [5.74, 6) is 0.533. The molecule has 1 saturated heterocycles. The van der Waals surface area contributed by atoms with Crippen molar-refractivity contribution in [2.45, 2.75) is 32.1 Å². The van der Waals surface area contributed by atoms with Gasteiger partial charge < -0.3 is 9.88 Å². The lowest BCUT2D eigenvalue weighted by Gasteiger charge is -2.37. The van der Waals surface area contributed by atoms with E-state index in [1.165, 1.54) is 44.7 Å². The summed E-state index contributed by atoms with van der Waals surface area (Å²) in [5, 5.41) is 0.488. The molecule has 5 heteroatoms. The highest BCUT2D eigenvalue weighted by Gasteiger charge is 2.25. The summed E-state index contributed by atoms with van der Waals surface area (Å²) < 4.78 is 13.8. The van der Waals surface area contributed by atoms with Gasteiger partial charge in [-0.15, -0.1) is 0 Å². The number of hydrogen-bond acceptors (Lipinski definition) is 2. The summed E-state index contributed by atoms with van der Waals surface area (Å²) in [6, 6.07) is 6.53. The molecule has 0 atom stereocenters. The molecule has 2 fully saturated rings. The highest BCUT2D eigenvalue weighted by molar-refractivity contribution is 5.98. The Balaban J connectivity index is 1.36. The normalized spacial score (nSPS) is 20.3. The minimum atomic E-state index is -0.287. The molecule has 1 saturated carbocycles. The van der Waals surface area contributed by atoms with Crippen molar-refractivity contribution >= 4 is 16.8 Å². The van der Waals surface area contributed by atoms with E-state index in [2.05, 4.69) is 9.88 Å². The van der Waals surface area contributed by atoms with Crippen LogP contribution in [0, 0.1) is 11.7 Å².